The van der Waals surface area contributed by atoms with Gasteiger partial charge in [-0.2, -0.15) is 0 Å². The van der Waals surface area contributed by atoms with E-state index in [0.717, 1.165) is 30.8 Å². The molecule has 2 aliphatic rings. The van der Waals surface area contributed by atoms with E-state index in [1.165, 1.54) is 12.0 Å². The zero-order valence-corrected chi connectivity index (χ0v) is 14.9. The molecule has 1 amide bonds. The molecular formula is C20H25N3O2. The minimum atomic E-state index is 0.0710. The highest BCUT2D eigenvalue weighted by Gasteiger charge is 2.47. The Hall–Kier alpha value is -2.14. The predicted octanol–water partition coefficient (Wildman–Crippen LogP) is 3.17. The number of carbonyl (C=O) groups excluding carboxylic acids is 1. The largest absolute Gasteiger partial charge is 0.359 e. The highest BCUT2D eigenvalue weighted by molar-refractivity contribution is 5.80. The van der Waals surface area contributed by atoms with Crippen LogP contribution in [-0.4, -0.2) is 40.5 Å². The Morgan fingerprint density at radius 3 is 2.88 bits per heavy atom. The van der Waals surface area contributed by atoms with E-state index in [1.54, 1.807) is 4.90 Å². The van der Waals surface area contributed by atoms with E-state index in [0.29, 0.717) is 18.6 Å². The number of aromatic nitrogens is 1. The summed E-state index contributed by atoms with van der Waals surface area (Å²) in [7, 11) is 1.87. The van der Waals surface area contributed by atoms with Gasteiger partial charge in [0.2, 0.25) is 5.91 Å². The molecule has 0 radical (unpaired) electrons. The zero-order valence-electron chi connectivity index (χ0n) is 14.9. The summed E-state index contributed by atoms with van der Waals surface area (Å²) in [5.74, 6) is 1.04. The minimum Gasteiger partial charge on any atom is -0.359 e. The second kappa shape index (κ2) is 6.64. The zero-order chi connectivity index (χ0) is 17.4. The van der Waals surface area contributed by atoms with Crippen molar-refractivity contribution < 1.29 is 9.32 Å². The SMILES string of the molecule is Cc1cc(CN(C)C(=O)[C@@H]2C[C@H](c3ccccc3)N3CCC[C@@H]23)on1. The fourth-order valence-corrected chi connectivity index (χ4v) is 4.52. The van der Waals surface area contributed by atoms with Crippen molar-refractivity contribution in [2.45, 2.75) is 44.8 Å². The molecule has 5 heteroatoms. The Kier molecular flexibility index (Phi) is 4.34. The maximum Gasteiger partial charge on any atom is 0.227 e. The third-order valence-electron chi connectivity index (χ3n) is 5.63. The van der Waals surface area contributed by atoms with Crippen LogP contribution in [0.4, 0.5) is 0 Å². The van der Waals surface area contributed by atoms with Gasteiger partial charge in [-0.15, -0.1) is 0 Å². The lowest BCUT2D eigenvalue weighted by atomic mass is 9.93. The molecule has 0 bridgehead atoms. The standard InChI is InChI=1S/C20H25N3O2/c1-14-11-16(25-21-14)13-22(2)20(24)17-12-19(15-7-4-3-5-8-15)23-10-6-9-18(17)23/h3-5,7-8,11,17-19H,6,9-10,12-13H2,1-2H3/t17-,18+,19-/m1/s1. The Morgan fingerprint density at radius 1 is 1.36 bits per heavy atom. The van der Waals surface area contributed by atoms with Crippen LogP contribution >= 0.6 is 0 Å². The molecule has 4 rings (SSSR count). The number of nitrogens with zero attached hydrogens (tertiary/aromatic N) is 3. The van der Waals surface area contributed by atoms with Gasteiger partial charge < -0.3 is 9.42 Å². The fraction of sp³-hybridized carbons (Fsp3) is 0.500. The molecule has 2 fully saturated rings. The Balaban J connectivity index is 1.50. The van der Waals surface area contributed by atoms with Crippen LogP contribution in [0, 0.1) is 12.8 Å². The molecule has 1 aromatic carbocycles. The number of fused-ring (bicyclic) bond motifs is 1. The highest BCUT2D eigenvalue weighted by atomic mass is 16.5. The summed E-state index contributed by atoms with van der Waals surface area (Å²) in [5, 5.41) is 3.91. The molecule has 2 aliphatic heterocycles. The molecule has 3 heterocycles. The molecular weight excluding hydrogens is 314 g/mol. The van der Waals surface area contributed by atoms with Gasteiger partial charge in [-0.25, -0.2) is 0 Å². The third kappa shape index (κ3) is 3.09. The molecule has 0 unspecified atom stereocenters. The first kappa shape index (κ1) is 16.3. The van der Waals surface area contributed by atoms with Gasteiger partial charge in [-0.05, 0) is 38.3 Å². The van der Waals surface area contributed by atoms with E-state index in [-0.39, 0.29) is 11.8 Å². The van der Waals surface area contributed by atoms with Crippen molar-refractivity contribution in [2.24, 2.45) is 5.92 Å². The molecule has 2 saturated heterocycles. The lowest BCUT2D eigenvalue weighted by molar-refractivity contribution is -0.135. The summed E-state index contributed by atoms with van der Waals surface area (Å²) in [5.41, 5.74) is 2.18. The van der Waals surface area contributed by atoms with E-state index in [9.17, 15) is 4.79 Å². The Bertz CT molecular complexity index is 742. The first-order valence-corrected chi connectivity index (χ1v) is 9.11. The smallest absolute Gasteiger partial charge is 0.227 e. The van der Waals surface area contributed by atoms with Gasteiger partial charge in [0.05, 0.1) is 18.2 Å². The molecule has 5 nitrogen and oxygen atoms in total. The third-order valence-corrected chi connectivity index (χ3v) is 5.63. The summed E-state index contributed by atoms with van der Waals surface area (Å²) in [6.07, 6.45) is 3.21. The van der Waals surface area contributed by atoms with Crippen molar-refractivity contribution in [3.63, 3.8) is 0 Å². The van der Waals surface area contributed by atoms with Gasteiger partial charge in [0.1, 0.15) is 0 Å². The maximum absolute atomic E-state index is 13.1. The average molecular weight is 339 g/mol. The number of rotatable bonds is 4. The summed E-state index contributed by atoms with van der Waals surface area (Å²) in [6, 6.07) is 13.2. The number of hydrogen-bond acceptors (Lipinski definition) is 4. The molecule has 1 aromatic heterocycles. The summed E-state index contributed by atoms with van der Waals surface area (Å²) < 4.78 is 5.27. The number of benzene rings is 1. The first-order chi connectivity index (χ1) is 12.1. The molecule has 0 spiro atoms. The lowest BCUT2D eigenvalue weighted by Crippen LogP contribution is -2.38. The van der Waals surface area contributed by atoms with Gasteiger partial charge in [-0.3, -0.25) is 9.69 Å². The van der Waals surface area contributed by atoms with E-state index in [4.69, 9.17) is 4.52 Å². The van der Waals surface area contributed by atoms with Crippen LogP contribution in [0.25, 0.3) is 0 Å². The van der Waals surface area contributed by atoms with Crippen molar-refractivity contribution in [3.8, 4) is 0 Å². The highest BCUT2D eigenvalue weighted by Crippen LogP contribution is 2.45. The van der Waals surface area contributed by atoms with Crippen molar-refractivity contribution in [2.75, 3.05) is 13.6 Å². The van der Waals surface area contributed by atoms with Crippen molar-refractivity contribution in [3.05, 3.63) is 53.4 Å². The van der Waals surface area contributed by atoms with Gasteiger partial charge in [0.15, 0.2) is 5.76 Å². The van der Waals surface area contributed by atoms with Crippen molar-refractivity contribution in [1.82, 2.24) is 15.0 Å². The second-order valence-corrected chi connectivity index (χ2v) is 7.34. The average Bonchev–Trinajstić information content (AvgIpc) is 3.31. The molecule has 3 atom stereocenters. The maximum atomic E-state index is 13.1. The Morgan fingerprint density at radius 2 is 2.16 bits per heavy atom. The van der Waals surface area contributed by atoms with Gasteiger partial charge in [-0.1, -0.05) is 35.5 Å². The van der Waals surface area contributed by atoms with E-state index in [2.05, 4.69) is 40.4 Å². The van der Waals surface area contributed by atoms with Crippen LogP contribution in [0.3, 0.4) is 0 Å². The fourth-order valence-electron chi connectivity index (χ4n) is 4.52. The lowest BCUT2D eigenvalue weighted by Gasteiger charge is -2.25. The van der Waals surface area contributed by atoms with Gasteiger partial charge >= 0.3 is 0 Å². The molecule has 0 saturated carbocycles. The molecule has 0 aliphatic carbocycles. The number of amides is 1. The number of aryl methyl sites for hydroxylation is 1. The number of carbonyl (C=O) groups is 1. The summed E-state index contributed by atoms with van der Waals surface area (Å²) in [4.78, 5) is 17.5. The van der Waals surface area contributed by atoms with Crippen LogP contribution < -0.4 is 0 Å². The van der Waals surface area contributed by atoms with Crippen LogP contribution in [0.15, 0.2) is 40.9 Å². The Labute approximate surface area is 148 Å². The molecule has 132 valence electrons. The van der Waals surface area contributed by atoms with E-state index >= 15 is 0 Å². The summed E-state index contributed by atoms with van der Waals surface area (Å²) >= 11 is 0. The number of hydrogen-bond donors (Lipinski definition) is 0. The first-order valence-electron chi connectivity index (χ1n) is 9.11. The topological polar surface area (TPSA) is 49.6 Å². The van der Waals surface area contributed by atoms with Gasteiger partial charge in [0.25, 0.3) is 0 Å². The molecule has 2 aromatic rings. The summed E-state index contributed by atoms with van der Waals surface area (Å²) in [6.45, 7) is 3.48. The second-order valence-electron chi connectivity index (χ2n) is 7.34. The van der Waals surface area contributed by atoms with Crippen LogP contribution in [-0.2, 0) is 11.3 Å². The van der Waals surface area contributed by atoms with Gasteiger partial charge in [0, 0.05) is 25.2 Å². The molecule has 0 N–H and O–H groups in total. The molecule has 25 heavy (non-hydrogen) atoms. The van der Waals surface area contributed by atoms with Crippen LogP contribution in [0.2, 0.25) is 0 Å². The van der Waals surface area contributed by atoms with E-state index < -0.39 is 0 Å². The van der Waals surface area contributed by atoms with Crippen molar-refractivity contribution in [1.29, 1.82) is 0 Å². The van der Waals surface area contributed by atoms with Crippen LogP contribution in [0.5, 0.6) is 0 Å². The van der Waals surface area contributed by atoms with Crippen molar-refractivity contribution >= 4 is 5.91 Å². The monoisotopic (exact) mass is 339 g/mol. The van der Waals surface area contributed by atoms with Crippen LogP contribution in [0.1, 0.15) is 42.3 Å². The predicted molar refractivity (Wildman–Crippen MR) is 94.7 cm³/mol. The quantitative estimate of drug-likeness (QED) is 0.858. The minimum absolute atomic E-state index is 0.0710. The van der Waals surface area contributed by atoms with E-state index in [1.807, 2.05) is 20.0 Å². The normalized spacial score (nSPS) is 25.9.